The molecule has 9 heteroatoms. The second-order valence-electron chi connectivity index (χ2n) is 8.67. The molecule has 152 valence electrons. The zero-order chi connectivity index (χ0) is 20.2. The highest BCUT2D eigenvalue weighted by Crippen LogP contribution is 2.44. The van der Waals surface area contributed by atoms with E-state index in [-0.39, 0.29) is 31.2 Å². The molecule has 0 saturated heterocycles. The zero-order valence-electron chi connectivity index (χ0n) is 16.1. The summed E-state index contributed by atoms with van der Waals surface area (Å²) < 4.78 is 36.6. The van der Waals surface area contributed by atoms with Crippen LogP contribution in [0.2, 0.25) is 0 Å². The van der Waals surface area contributed by atoms with Gasteiger partial charge in [0.05, 0.1) is 24.4 Å². The number of fused-ring (bicyclic) bond motifs is 3. The lowest BCUT2D eigenvalue weighted by Gasteiger charge is -2.35. The number of amides is 1. The molecule has 1 aromatic rings. The topological polar surface area (TPSA) is 87.8 Å². The van der Waals surface area contributed by atoms with E-state index in [2.05, 4.69) is 5.10 Å². The number of aliphatic hydroxyl groups excluding tert-OH is 1. The minimum atomic E-state index is -3.37. The van der Waals surface area contributed by atoms with E-state index in [0.717, 1.165) is 0 Å². The van der Waals surface area contributed by atoms with Crippen molar-refractivity contribution >= 4 is 6.09 Å². The molecule has 0 aliphatic carbocycles. The minimum absolute atomic E-state index is 0.0159. The summed E-state index contributed by atoms with van der Waals surface area (Å²) in [4.78, 5) is 14.0. The van der Waals surface area contributed by atoms with Gasteiger partial charge in [0, 0.05) is 31.0 Å². The van der Waals surface area contributed by atoms with Crippen LogP contribution in [0, 0.1) is 0 Å². The fourth-order valence-electron chi connectivity index (χ4n) is 3.77. The first kappa shape index (κ1) is 20.0. The summed E-state index contributed by atoms with van der Waals surface area (Å²) in [6.07, 6.45) is -1.09. The Morgan fingerprint density at radius 1 is 1.41 bits per heavy atom. The Morgan fingerprint density at radius 2 is 2.07 bits per heavy atom. The fourth-order valence-corrected chi connectivity index (χ4v) is 3.77. The van der Waals surface area contributed by atoms with Crippen molar-refractivity contribution in [2.24, 2.45) is 0 Å². The standard InChI is InChI=1S/C18H27F2N3O4/c1-11-7-13-12(8-22(11)15(25)27-16(2,3)4)14-18(19,20)9-17(26,10-24)5-6-23(14)21-13/h11,24,26H,5-10H2,1-4H3/t11-,17-/m1/s1. The average molecular weight is 387 g/mol. The number of rotatable bonds is 1. The number of halogens is 2. The molecule has 3 heterocycles. The van der Waals surface area contributed by atoms with E-state index in [1.165, 1.54) is 9.58 Å². The summed E-state index contributed by atoms with van der Waals surface area (Å²) in [5, 5.41) is 23.9. The molecule has 27 heavy (non-hydrogen) atoms. The molecular formula is C18H27F2N3O4. The van der Waals surface area contributed by atoms with Crippen molar-refractivity contribution in [1.29, 1.82) is 0 Å². The maximum Gasteiger partial charge on any atom is 0.410 e. The molecular weight excluding hydrogens is 360 g/mol. The molecule has 0 aromatic carbocycles. The number of aliphatic hydroxyl groups is 2. The largest absolute Gasteiger partial charge is 0.444 e. The summed E-state index contributed by atoms with van der Waals surface area (Å²) >= 11 is 0. The third-order valence-corrected chi connectivity index (χ3v) is 5.09. The molecule has 0 saturated carbocycles. The number of hydrogen-bond acceptors (Lipinski definition) is 5. The molecule has 2 aliphatic heterocycles. The van der Waals surface area contributed by atoms with Gasteiger partial charge in [-0.1, -0.05) is 0 Å². The average Bonchev–Trinajstić information content (AvgIpc) is 2.83. The van der Waals surface area contributed by atoms with Crippen LogP contribution in [0.5, 0.6) is 0 Å². The Hall–Kier alpha value is -1.74. The van der Waals surface area contributed by atoms with Crippen LogP contribution in [0.3, 0.4) is 0 Å². The lowest BCUT2D eigenvalue weighted by Crippen LogP contribution is -2.45. The highest BCUT2D eigenvalue weighted by molar-refractivity contribution is 5.69. The molecule has 3 rings (SSSR count). The van der Waals surface area contributed by atoms with Crippen LogP contribution < -0.4 is 0 Å². The Morgan fingerprint density at radius 3 is 2.67 bits per heavy atom. The highest BCUT2D eigenvalue weighted by Gasteiger charge is 2.50. The SMILES string of the molecule is C[C@@H]1Cc2nn3c(c2CN1C(=O)OC(C)(C)C)C(F)(F)C[C@@](O)(CO)CC3. The summed E-state index contributed by atoms with van der Waals surface area (Å²) in [6, 6.07) is -0.227. The van der Waals surface area contributed by atoms with E-state index in [4.69, 9.17) is 4.74 Å². The fraction of sp³-hybridized carbons (Fsp3) is 0.778. The van der Waals surface area contributed by atoms with E-state index in [9.17, 15) is 23.8 Å². The van der Waals surface area contributed by atoms with Crippen molar-refractivity contribution < 1.29 is 28.5 Å². The zero-order valence-corrected chi connectivity index (χ0v) is 16.1. The smallest absolute Gasteiger partial charge is 0.410 e. The molecule has 0 fully saturated rings. The van der Waals surface area contributed by atoms with E-state index in [0.29, 0.717) is 17.7 Å². The van der Waals surface area contributed by atoms with E-state index in [1.54, 1.807) is 20.8 Å². The maximum absolute atomic E-state index is 15.0. The van der Waals surface area contributed by atoms with Gasteiger partial charge in [0.15, 0.2) is 0 Å². The van der Waals surface area contributed by atoms with E-state index in [1.807, 2.05) is 6.92 Å². The molecule has 2 atom stereocenters. The number of aromatic nitrogens is 2. The van der Waals surface area contributed by atoms with Gasteiger partial charge in [-0.25, -0.2) is 4.79 Å². The molecule has 1 aromatic heterocycles. The van der Waals surface area contributed by atoms with Crippen LogP contribution in [0.4, 0.5) is 13.6 Å². The highest BCUT2D eigenvalue weighted by atomic mass is 19.3. The summed E-state index contributed by atoms with van der Waals surface area (Å²) in [7, 11) is 0. The van der Waals surface area contributed by atoms with Crippen molar-refractivity contribution in [3.63, 3.8) is 0 Å². The molecule has 0 spiro atoms. The van der Waals surface area contributed by atoms with Gasteiger partial charge in [-0.05, 0) is 34.1 Å². The number of carbonyl (C=O) groups is 1. The van der Waals surface area contributed by atoms with Crippen LogP contribution >= 0.6 is 0 Å². The first-order valence-corrected chi connectivity index (χ1v) is 9.15. The molecule has 7 nitrogen and oxygen atoms in total. The predicted molar refractivity (Wildman–Crippen MR) is 92.3 cm³/mol. The number of hydrogen-bond donors (Lipinski definition) is 2. The lowest BCUT2D eigenvalue weighted by atomic mass is 9.90. The van der Waals surface area contributed by atoms with Gasteiger partial charge >= 0.3 is 6.09 Å². The predicted octanol–water partition coefficient (Wildman–Crippen LogP) is 2.17. The van der Waals surface area contributed by atoms with Gasteiger partial charge in [0.25, 0.3) is 5.92 Å². The van der Waals surface area contributed by atoms with Gasteiger partial charge in [-0.15, -0.1) is 0 Å². The van der Waals surface area contributed by atoms with Crippen molar-refractivity contribution in [3.05, 3.63) is 17.0 Å². The molecule has 2 aliphatic rings. The molecule has 0 radical (unpaired) electrons. The van der Waals surface area contributed by atoms with Crippen LogP contribution in [0.15, 0.2) is 0 Å². The quantitative estimate of drug-likeness (QED) is 0.771. The Labute approximate surface area is 156 Å². The van der Waals surface area contributed by atoms with Gasteiger partial charge < -0.3 is 19.8 Å². The van der Waals surface area contributed by atoms with E-state index < -0.39 is 36.2 Å². The van der Waals surface area contributed by atoms with Crippen molar-refractivity contribution in [2.75, 3.05) is 6.61 Å². The Kier molecular flexibility index (Phi) is 4.75. The minimum Gasteiger partial charge on any atom is -0.444 e. The van der Waals surface area contributed by atoms with Crippen LogP contribution in [-0.2, 0) is 30.2 Å². The number of alkyl halides is 2. The summed E-state index contributed by atoms with van der Waals surface area (Å²) in [5.41, 5.74) is -1.96. The maximum atomic E-state index is 15.0. The number of nitrogens with zero attached hydrogens (tertiary/aromatic N) is 3. The first-order valence-electron chi connectivity index (χ1n) is 9.15. The lowest BCUT2D eigenvalue weighted by molar-refractivity contribution is -0.112. The van der Waals surface area contributed by atoms with E-state index >= 15 is 0 Å². The molecule has 2 N–H and O–H groups in total. The van der Waals surface area contributed by atoms with Crippen molar-refractivity contribution in [2.45, 2.75) is 83.2 Å². The third kappa shape index (κ3) is 3.80. The first-order chi connectivity index (χ1) is 12.4. The van der Waals surface area contributed by atoms with Crippen LogP contribution in [-0.4, -0.2) is 54.8 Å². The van der Waals surface area contributed by atoms with Gasteiger partial charge in [-0.2, -0.15) is 13.9 Å². The third-order valence-electron chi connectivity index (χ3n) is 5.09. The number of carbonyl (C=O) groups excluding carboxylic acids is 1. The summed E-state index contributed by atoms with van der Waals surface area (Å²) in [6.45, 7) is 6.41. The Bertz CT molecular complexity index is 744. The van der Waals surface area contributed by atoms with Crippen molar-refractivity contribution in [1.82, 2.24) is 14.7 Å². The molecule has 0 unspecified atom stereocenters. The van der Waals surface area contributed by atoms with Crippen LogP contribution in [0.25, 0.3) is 0 Å². The van der Waals surface area contributed by atoms with Crippen LogP contribution in [0.1, 0.15) is 57.5 Å². The second kappa shape index (κ2) is 6.41. The van der Waals surface area contributed by atoms with Gasteiger partial charge in [0.2, 0.25) is 0 Å². The van der Waals surface area contributed by atoms with Gasteiger partial charge in [-0.3, -0.25) is 4.68 Å². The normalized spacial score (nSPS) is 27.6. The Balaban J connectivity index is 1.96. The van der Waals surface area contributed by atoms with Gasteiger partial charge in [0.1, 0.15) is 11.3 Å². The number of aryl methyl sites for hydroxylation is 1. The summed E-state index contributed by atoms with van der Waals surface area (Å²) in [5.74, 6) is -3.37. The second-order valence-corrected chi connectivity index (χ2v) is 8.67. The monoisotopic (exact) mass is 387 g/mol. The molecule has 0 bridgehead atoms. The molecule has 1 amide bonds. The van der Waals surface area contributed by atoms with Crippen molar-refractivity contribution in [3.8, 4) is 0 Å². The number of ether oxygens (including phenoxy) is 1.